The first kappa shape index (κ1) is 17.9. The molecule has 1 atom stereocenters. The number of nitrogens with one attached hydrogen (secondary N) is 1. The van der Waals surface area contributed by atoms with Gasteiger partial charge in [0.05, 0.1) is 17.4 Å². The molecule has 1 amide bonds. The Hall–Kier alpha value is -2.45. The summed E-state index contributed by atoms with van der Waals surface area (Å²) in [6, 6.07) is 9.03. The van der Waals surface area contributed by atoms with Crippen LogP contribution < -0.4 is 10.1 Å². The Kier molecular flexibility index (Phi) is 4.01. The molecule has 2 aromatic carbocycles. The number of sulfonamides is 1. The molecule has 6 nitrogen and oxygen atoms in total. The van der Waals surface area contributed by atoms with Gasteiger partial charge in [0.25, 0.3) is 0 Å². The normalized spacial score (nSPS) is 22.1. The summed E-state index contributed by atoms with van der Waals surface area (Å²) < 4.78 is 46.1. The molecule has 1 spiro atoms. The van der Waals surface area contributed by atoms with E-state index in [4.69, 9.17) is 4.74 Å². The maximum Gasteiger partial charge on any atom is 0.243 e. The lowest BCUT2D eigenvalue weighted by Crippen LogP contribution is -2.39. The Bertz CT molecular complexity index is 1050. The van der Waals surface area contributed by atoms with Gasteiger partial charge in [0.2, 0.25) is 15.9 Å². The fourth-order valence-corrected chi connectivity index (χ4v) is 5.42. The van der Waals surface area contributed by atoms with Crippen LogP contribution in [0.15, 0.2) is 41.3 Å². The predicted octanol–water partition coefficient (Wildman–Crippen LogP) is 2.43. The van der Waals surface area contributed by atoms with Gasteiger partial charge in [0.15, 0.2) is 0 Å². The molecule has 27 heavy (non-hydrogen) atoms. The molecule has 8 heteroatoms. The van der Waals surface area contributed by atoms with Crippen molar-refractivity contribution in [2.24, 2.45) is 0 Å². The highest BCUT2D eigenvalue weighted by Crippen LogP contribution is 2.46. The molecule has 2 aliphatic rings. The standard InChI is InChI=1S/C19H19FN2O4S/c1-12-9-14(4-5-16(12)20)27(24,25)22-8-7-19(11-22)15-10-13(26-2)3-6-17(15)21-18(19)23/h3-6,9-10H,7-8,11H2,1-2H3,(H,21,23)/t19-/m0/s1. The number of amides is 1. The number of hydrogen-bond acceptors (Lipinski definition) is 4. The van der Waals surface area contributed by atoms with Gasteiger partial charge in [-0.25, -0.2) is 12.8 Å². The third kappa shape index (κ3) is 2.62. The lowest BCUT2D eigenvalue weighted by atomic mass is 9.81. The molecular formula is C19H19FN2O4S. The van der Waals surface area contributed by atoms with Crippen molar-refractivity contribution in [3.63, 3.8) is 0 Å². The minimum Gasteiger partial charge on any atom is -0.497 e. The Morgan fingerprint density at radius 1 is 1.22 bits per heavy atom. The van der Waals surface area contributed by atoms with Crippen molar-refractivity contribution in [1.29, 1.82) is 0 Å². The van der Waals surface area contributed by atoms with Crippen LogP contribution in [0, 0.1) is 12.7 Å². The van der Waals surface area contributed by atoms with Gasteiger partial charge < -0.3 is 10.1 Å². The van der Waals surface area contributed by atoms with Crippen LogP contribution in [-0.4, -0.2) is 38.8 Å². The Morgan fingerprint density at radius 2 is 2.00 bits per heavy atom. The van der Waals surface area contributed by atoms with E-state index in [-0.39, 0.29) is 29.5 Å². The quantitative estimate of drug-likeness (QED) is 0.873. The number of carbonyl (C=O) groups excluding carboxylic acids is 1. The van der Waals surface area contributed by atoms with E-state index >= 15 is 0 Å². The first-order valence-corrected chi connectivity index (χ1v) is 9.98. The molecule has 2 aliphatic heterocycles. The first-order chi connectivity index (χ1) is 12.8. The van der Waals surface area contributed by atoms with Crippen LogP contribution in [0.4, 0.5) is 10.1 Å². The first-order valence-electron chi connectivity index (χ1n) is 8.54. The third-order valence-corrected chi connectivity index (χ3v) is 7.27. The average Bonchev–Trinajstić information content (AvgIpc) is 3.21. The molecular weight excluding hydrogens is 371 g/mol. The predicted molar refractivity (Wildman–Crippen MR) is 97.8 cm³/mol. The van der Waals surface area contributed by atoms with Crippen molar-refractivity contribution >= 4 is 21.6 Å². The molecule has 0 unspecified atom stereocenters. The number of nitrogens with zero attached hydrogens (tertiary/aromatic N) is 1. The summed E-state index contributed by atoms with van der Waals surface area (Å²) in [5.41, 5.74) is 0.752. The van der Waals surface area contributed by atoms with Crippen LogP contribution in [0.2, 0.25) is 0 Å². The maximum atomic E-state index is 13.5. The Balaban J connectivity index is 1.71. The Morgan fingerprint density at radius 3 is 2.70 bits per heavy atom. The van der Waals surface area contributed by atoms with E-state index < -0.39 is 21.3 Å². The van der Waals surface area contributed by atoms with Gasteiger partial charge in [-0.05, 0) is 60.9 Å². The number of benzene rings is 2. The number of anilines is 1. The molecule has 2 aromatic rings. The van der Waals surface area contributed by atoms with Gasteiger partial charge in [-0.2, -0.15) is 4.31 Å². The average molecular weight is 390 g/mol. The second-order valence-electron chi connectivity index (χ2n) is 6.95. The largest absolute Gasteiger partial charge is 0.497 e. The molecule has 0 saturated carbocycles. The zero-order valence-corrected chi connectivity index (χ0v) is 15.8. The number of aryl methyl sites for hydroxylation is 1. The highest BCUT2D eigenvalue weighted by atomic mass is 32.2. The summed E-state index contributed by atoms with van der Waals surface area (Å²) in [6.45, 7) is 1.77. The smallest absolute Gasteiger partial charge is 0.243 e. The van der Waals surface area contributed by atoms with Gasteiger partial charge in [0.1, 0.15) is 11.6 Å². The number of fused-ring (bicyclic) bond motifs is 2. The second kappa shape index (κ2) is 6.03. The van der Waals surface area contributed by atoms with Gasteiger partial charge in [0, 0.05) is 18.8 Å². The Labute approximate surface area is 157 Å². The molecule has 0 bridgehead atoms. The summed E-state index contributed by atoms with van der Waals surface area (Å²) in [7, 11) is -2.29. The van der Waals surface area contributed by atoms with E-state index in [1.165, 1.54) is 23.4 Å². The fraction of sp³-hybridized carbons (Fsp3) is 0.316. The van der Waals surface area contributed by atoms with Gasteiger partial charge >= 0.3 is 0 Å². The van der Waals surface area contributed by atoms with Crippen LogP contribution in [-0.2, 0) is 20.2 Å². The van der Waals surface area contributed by atoms with Crippen molar-refractivity contribution in [3.8, 4) is 5.75 Å². The summed E-state index contributed by atoms with van der Waals surface area (Å²) in [6.07, 6.45) is 0.373. The zero-order chi connectivity index (χ0) is 19.4. The summed E-state index contributed by atoms with van der Waals surface area (Å²) in [5.74, 6) is -0.0538. The minimum absolute atomic E-state index is 0.0303. The number of methoxy groups -OCH3 is 1. The van der Waals surface area contributed by atoms with Crippen molar-refractivity contribution in [1.82, 2.24) is 4.31 Å². The van der Waals surface area contributed by atoms with E-state index in [1.54, 1.807) is 25.3 Å². The molecule has 1 saturated heterocycles. The number of ether oxygens (including phenoxy) is 1. The van der Waals surface area contributed by atoms with Gasteiger partial charge in [-0.15, -0.1) is 0 Å². The van der Waals surface area contributed by atoms with E-state index in [1.807, 2.05) is 0 Å². The van der Waals surface area contributed by atoms with Crippen molar-refractivity contribution < 1.29 is 22.3 Å². The van der Waals surface area contributed by atoms with Crippen LogP contribution in [0.1, 0.15) is 17.5 Å². The number of rotatable bonds is 3. The summed E-state index contributed by atoms with van der Waals surface area (Å²) in [4.78, 5) is 12.8. The highest BCUT2D eigenvalue weighted by molar-refractivity contribution is 7.89. The van der Waals surface area contributed by atoms with Crippen LogP contribution in [0.3, 0.4) is 0 Å². The summed E-state index contributed by atoms with van der Waals surface area (Å²) >= 11 is 0. The number of hydrogen-bond donors (Lipinski definition) is 1. The molecule has 0 aromatic heterocycles. The van der Waals surface area contributed by atoms with Crippen LogP contribution >= 0.6 is 0 Å². The van der Waals surface area contributed by atoms with E-state index in [2.05, 4.69) is 5.32 Å². The van der Waals surface area contributed by atoms with Crippen LogP contribution in [0.5, 0.6) is 5.75 Å². The monoisotopic (exact) mass is 390 g/mol. The lowest BCUT2D eigenvalue weighted by molar-refractivity contribution is -0.120. The zero-order valence-electron chi connectivity index (χ0n) is 15.0. The lowest BCUT2D eigenvalue weighted by Gasteiger charge is -2.23. The topological polar surface area (TPSA) is 75.7 Å². The second-order valence-corrected chi connectivity index (χ2v) is 8.89. The SMILES string of the molecule is COc1ccc2c(c1)[C@@]1(CCN(S(=O)(=O)c3ccc(F)c(C)c3)C1)C(=O)N2. The molecule has 0 radical (unpaired) electrons. The van der Waals surface area contributed by atoms with Crippen LogP contribution in [0.25, 0.3) is 0 Å². The molecule has 1 fully saturated rings. The van der Waals surface area contributed by atoms with E-state index in [0.717, 1.165) is 11.6 Å². The highest BCUT2D eigenvalue weighted by Gasteiger charge is 2.53. The molecule has 2 heterocycles. The molecule has 1 N–H and O–H groups in total. The van der Waals surface area contributed by atoms with E-state index in [9.17, 15) is 17.6 Å². The number of carbonyl (C=O) groups is 1. The van der Waals surface area contributed by atoms with Crippen molar-refractivity contribution in [2.45, 2.75) is 23.7 Å². The minimum atomic E-state index is -3.83. The molecule has 142 valence electrons. The fourth-order valence-electron chi connectivity index (χ4n) is 3.83. The molecule has 4 rings (SSSR count). The number of halogens is 1. The third-order valence-electron chi connectivity index (χ3n) is 5.43. The van der Waals surface area contributed by atoms with Crippen molar-refractivity contribution in [3.05, 3.63) is 53.3 Å². The van der Waals surface area contributed by atoms with Gasteiger partial charge in [-0.1, -0.05) is 0 Å². The summed E-state index contributed by atoms with van der Waals surface area (Å²) in [5, 5.41) is 2.84. The van der Waals surface area contributed by atoms with Crippen molar-refractivity contribution in [2.75, 3.05) is 25.5 Å². The maximum absolute atomic E-state index is 13.5. The van der Waals surface area contributed by atoms with E-state index in [0.29, 0.717) is 17.9 Å². The van der Waals surface area contributed by atoms with Gasteiger partial charge in [-0.3, -0.25) is 4.79 Å². The molecule has 0 aliphatic carbocycles.